The van der Waals surface area contributed by atoms with Crippen molar-refractivity contribution in [3.05, 3.63) is 52.6 Å². The molecule has 0 spiro atoms. The Balaban J connectivity index is 1.86. The van der Waals surface area contributed by atoms with Gasteiger partial charge in [-0.25, -0.2) is 0 Å². The molecular weight excluding hydrogens is 314 g/mol. The van der Waals surface area contributed by atoms with Crippen molar-refractivity contribution in [2.75, 3.05) is 26.9 Å². The van der Waals surface area contributed by atoms with Crippen molar-refractivity contribution < 1.29 is 23.9 Å². The molecule has 0 aliphatic rings. The highest BCUT2D eigenvalue weighted by molar-refractivity contribution is 5.50. The second-order valence-electron chi connectivity index (χ2n) is 4.69. The summed E-state index contributed by atoms with van der Waals surface area (Å²) in [5.74, 6) is 2.03. The van der Waals surface area contributed by atoms with E-state index in [-0.39, 0.29) is 24.7 Å². The van der Waals surface area contributed by atoms with E-state index in [4.69, 9.17) is 18.9 Å². The number of methoxy groups -OCH3 is 1. The lowest BCUT2D eigenvalue weighted by molar-refractivity contribution is -0.385. The molecule has 0 unspecified atom stereocenters. The van der Waals surface area contributed by atoms with Crippen LogP contribution in [0.3, 0.4) is 0 Å². The van der Waals surface area contributed by atoms with Gasteiger partial charge in [0.15, 0.2) is 5.75 Å². The van der Waals surface area contributed by atoms with Gasteiger partial charge < -0.3 is 18.9 Å². The van der Waals surface area contributed by atoms with Gasteiger partial charge in [0.2, 0.25) is 0 Å². The molecule has 0 saturated heterocycles. The molecule has 0 radical (unpaired) electrons. The first kappa shape index (κ1) is 17.4. The van der Waals surface area contributed by atoms with Crippen LogP contribution in [-0.2, 0) is 0 Å². The fraction of sp³-hybridized carbons (Fsp3) is 0.294. The molecule has 0 atom stereocenters. The summed E-state index contributed by atoms with van der Waals surface area (Å²) >= 11 is 0. The Bertz CT molecular complexity index is 671. The predicted molar refractivity (Wildman–Crippen MR) is 88.2 cm³/mol. The predicted octanol–water partition coefficient (Wildman–Crippen LogP) is 3.46. The fourth-order valence-electron chi connectivity index (χ4n) is 2.00. The summed E-state index contributed by atoms with van der Waals surface area (Å²) in [4.78, 5) is 10.5. The number of nitro benzene ring substituents is 1. The van der Waals surface area contributed by atoms with Crippen LogP contribution in [-0.4, -0.2) is 31.9 Å². The molecule has 2 aromatic rings. The number of rotatable bonds is 9. The van der Waals surface area contributed by atoms with Gasteiger partial charge in [-0.1, -0.05) is 0 Å². The molecule has 24 heavy (non-hydrogen) atoms. The molecule has 7 heteroatoms. The summed E-state index contributed by atoms with van der Waals surface area (Å²) < 4.78 is 21.3. The largest absolute Gasteiger partial charge is 0.496 e. The number of hydrogen-bond acceptors (Lipinski definition) is 6. The van der Waals surface area contributed by atoms with Crippen molar-refractivity contribution in [2.24, 2.45) is 0 Å². The minimum atomic E-state index is -0.509. The Hall–Kier alpha value is -2.96. The van der Waals surface area contributed by atoms with Crippen LogP contribution in [0.15, 0.2) is 42.5 Å². The quantitative estimate of drug-likeness (QED) is 0.397. The Morgan fingerprint density at radius 2 is 1.50 bits per heavy atom. The van der Waals surface area contributed by atoms with Gasteiger partial charge in [0.05, 0.1) is 24.7 Å². The van der Waals surface area contributed by atoms with Crippen LogP contribution in [0.5, 0.6) is 23.0 Å². The van der Waals surface area contributed by atoms with Crippen molar-refractivity contribution in [1.82, 2.24) is 0 Å². The van der Waals surface area contributed by atoms with Gasteiger partial charge in [-0.2, -0.15) is 0 Å². The molecule has 0 N–H and O–H groups in total. The summed E-state index contributed by atoms with van der Waals surface area (Å²) in [6.45, 7) is 2.96. The van der Waals surface area contributed by atoms with E-state index in [1.807, 2.05) is 19.1 Å². The Labute approximate surface area is 139 Å². The van der Waals surface area contributed by atoms with E-state index in [0.717, 1.165) is 5.75 Å². The molecule has 0 saturated carbocycles. The summed E-state index contributed by atoms with van der Waals surface area (Å²) in [6, 6.07) is 11.6. The molecule has 0 amide bonds. The molecule has 0 aliphatic carbocycles. The lowest BCUT2D eigenvalue weighted by Crippen LogP contribution is -2.10. The smallest absolute Gasteiger partial charge is 0.314 e. The maximum Gasteiger partial charge on any atom is 0.314 e. The molecule has 2 aromatic carbocycles. The highest BCUT2D eigenvalue weighted by Gasteiger charge is 2.16. The number of nitrogens with zero attached hydrogens (tertiary/aromatic N) is 1. The van der Waals surface area contributed by atoms with Gasteiger partial charge in [-0.05, 0) is 43.3 Å². The zero-order chi connectivity index (χ0) is 17.4. The number of hydrogen-bond donors (Lipinski definition) is 0. The van der Waals surface area contributed by atoms with E-state index < -0.39 is 4.92 Å². The topological polar surface area (TPSA) is 80.1 Å². The van der Waals surface area contributed by atoms with Crippen LogP contribution >= 0.6 is 0 Å². The van der Waals surface area contributed by atoms with Crippen molar-refractivity contribution in [1.29, 1.82) is 0 Å². The highest BCUT2D eigenvalue weighted by Crippen LogP contribution is 2.30. The van der Waals surface area contributed by atoms with E-state index in [9.17, 15) is 10.1 Å². The first-order chi connectivity index (χ1) is 11.6. The molecule has 0 fully saturated rings. The van der Waals surface area contributed by atoms with Crippen LogP contribution in [0.2, 0.25) is 0 Å². The standard InChI is InChI=1S/C17H19NO6/c1-3-22-13-4-6-14(7-5-13)23-10-11-24-17-9-8-15(21-2)12-16(17)18(19)20/h4-9,12H,3,10-11H2,1-2H3. The summed E-state index contributed by atoms with van der Waals surface area (Å²) in [6.07, 6.45) is 0. The first-order valence-corrected chi connectivity index (χ1v) is 7.45. The van der Waals surface area contributed by atoms with E-state index in [1.165, 1.54) is 19.2 Å². The van der Waals surface area contributed by atoms with Crippen LogP contribution in [0, 0.1) is 10.1 Å². The van der Waals surface area contributed by atoms with Crippen LogP contribution in [0.25, 0.3) is 0 Å². The number of ether oxygens (including phenoxy) is 4. The molecule has 0 bridgehead atoms. The lowest BCUT2D eigenvalue weighted by Gasteiger charge is -2.10. The van der Waals surface area contributed by atoms with Crippen LogP contribution < -0.4 is 18.9 Å². The van der Waals surface area contributed by atoms with Crippen molar-refractivity contribution in [3.63, 3.8) is 0 Å². The second-order valence-corrected chi connectivity index (χ2v) is 4.69. The third-order valence-corrected chi connectivity index (χ3v) is 3.11. The molecule has 0 heterocycles. The zero-order valence-electron chi connectivity index (χ0n) is 13.6. The van der Waals surface area contributed by atoms with Gasteiger partial charge in [-0.15, -0.1) is 0 Å². The van der Waals surface area contributed by atoms with Crippen molar-refractivity contribution in [3.8, 4) is 23.0 Å². The maximum absolute atomic E-state index is 11.1. The third kappa shape index (κ3) is 4.77. The molecular formula is C17H19NO6. The average molecular weight is 333 g/mol. The van der Waals surface area contributed by atoms with E-state index in [1.54, 1.807) is 18.2 Å². The van der Waals surface area contributed by atoms with Crippen LogP contribution in [0.1, 0.15) is 6.92 Å². The van der Waals surface area contributed by atoms with Crippen molar-refractivity contribution in [2.45, 2.75) is 6.92 Å². The number of benzene rings is 2. The monoisotopic (exact) mass is 333 g/mol. The molecule has 2 rings (SSSR count). The average Bonchev–Trinajstić information content (AvgIpc) is 2.60. The van der Waals surface area contributed by atoms with E-state index in [0.29, 0.717) is 18.1 Å². The Morgan fingerprint density at radius 1 is 0.917 bits per heavy atom. The SMILES string of the molecule is CCOc1ccc(OCCOc2ccc(OC)cc2[N+](=O)[O-])cc1. The van der Waals surface area contributed by atoms with Gasteiger partial charge in [-0.3, -0.25) is 10.1 Å². The van der Waals surface area contributed by atoms with Crippen molar-refractivity contribution >= 4 is 5.69 Å². The molecule has 128 valence electrons. The highest BCUT2D eigenvalue weighted by atomic mass is 16.6. The lowest BCUT2D eigenvalue weighted by atomic mass is 10.3. The Kier molecular flexibility index (Phi) is 6.24. The van der Waals surface area contributed by atoms with E-state index >= 15 is 0 Å². The maximum atomic E-state index is 11.1. The first-order valence-electron chi connectivity index (χ1n) is 7.45. The van der Waals surface area contributed by atoms with Crippen LogP contribution in [0.4, 0.5) is 5.69 Å². The normalized spacial score (nSPS) is 10.1. The summed E-state index contributed by atoms with van der Waals surface area (Å²) in [5.41, 5.74) is -0.143. The van der Waals surface area contributed by atoms with Gasteiger partial charge >= 0.3 is 5.69 Å². The fourth-order valence-corrected chi connectivity index (χ4v) is 2.00. The summed E-state index contributed by atoms with van der Waals surface area (Å²) in [5, 5.41) is 11.1. The number of nitro groups is 1. The van der Waals surface area contributed by atoms with Gasteiger partial charge in [0.25, 0.3) is 0 Å². The minimum absolute atomic E-state index is 0.143. The molecule has 0 aliphatic heterocycles. The Morgan fingerprint density at radius 3 is 2.08 bits per heavy atom. The van der Waals surface area contributed by atoms with Gasteiger partial charge in [0, 0.05) is 0 Å². The van der Waals surface area contributed by atoms with E-state index in [2.05, 4.69) is 0 Å². The minimum Gasteiger partial charge on any atom is -0.496 e. The molecule has 0 aromatic heterocycles. The van der Waals surface area contributed by atoms with Gasteiger partial charge in [0.1, 0.15) is 30.5 Å². The molecule has 7 nitrogen and oxygen atoms in total. The zero-order valence-corrected chi connectivity index (χ0v) is 13.6. The third-order valence-electron chi connectivity index (χ3n) is 3.11. The summed E-state index contributed by atoms with van der Waals surface area (Å²) in [7, 11) is 1.45. The second kappa shape index (κ2) is 8.61.